The average molecular weight is 269 g/mol. The van der Waals surface area contributed by atoms with E-state index in [0.717, 1.165) is 19.4 Å². The second-order valence-electron chi connectivity index (χ2n) is 4.63. The number of aromatic nitrogens is 1. The van der Waals surface area contributed by atoms with E-state index in [-0.39, 0.29) is 11.9 Å². The fraction of sp³-hybridized carbons (Fsp3) is 0.500. The SMILES string of the molecule is CN(C)C(=O)C1CCCN1c1nc(Cl)ccc1N. The number of hydrogen-bond acceptors (Lipinski definition) is 4. The van der Waals surface area contributed by atoms with E-state index in [4.69, 9.17) is 17.3 Å². The van der Waals surface area contributed by atoms with Gasteiger partial charge in [0.2, 0.25) is 5.91 Å². The number of halogens is 1. The number of carbonyl (C=O) groups excluding carboxylic acids is 1. The highest BCUT2D eigenvalue weighted by Gasteiger charge is 2.33. The molecule has 1 saturated heterocycles. The first-order valence-electron chi connectivity index (χ1n) is 5.90. The molecule has 0 aliphatic carbocycles. The van der Waals surface area contributed by atoms with Gasteiger partial charge in [-0.25, -0.2) is 4.98 Å². The number of likely N-dealkylation sites (N-methyl/N-ethyl adjacent to an activating group) is 1. The summed E-state index contributed by atoms with van der Waals surface area (Å²) >= 11 is 5.90. The van der Waals surface area contributed by atoms with Crippen molar-refractivity contribution in [2.45, 2.75) is 18.9 Å². The highest BCUT2D eigenvalue weighted by atomic mass is 35.5. The van der Waals surface area contributed by atoms with Gasteiger partial charge in [0, 0.05) is 20.6 Å². The molecule has 0 aromatic carbocycles. The zero-order valence-corrected chi connectivity index (χ0v) is 11.3. The molecule has 2 heterocycles. The fourth-order valence-corrected chi connectivity index (χ4v) is 2.38. The van der Waals surface area contributed by atoms with Crippen LogP contribution in [0.3, 0.4) is 0 Å². The van der Waals surface area contributed by atoms with E-state index in [0.29, 0.717) is 16.7 Å². The van der Waals surface area contributed by atoms with Gasteiger partial charge in [0.25, 0.3) is 0 Å². The maximum absolute atomic E-state index is 12.1. The summed E-state index contributed by atoms with van der Waals surface area (Å²) in [6.45, 7) is 0.780. The molecule has 1 unspecified atom stereocenters. The minimum atomic E-state index is -0.187. The Morgan fingerprint density at radius 3 is 2.94 bits per heavy atom. The van der Waals surface area contributed by atoms with Gasteiger partial charge < -0.3 is 15.5 Å². The normalized spacial score (nSPS) is 19.1. The molecule has 1 aromatic heterocycles. The fourth-order valence-electron chi connectivity index (χ4n) is 2.24. The van der Waals surface area contributed by atoms with Gasteiger partial charge in [-0.2, -0.15) is 0 Å². The largest absolute Gasteiger partial charge is 0.396 e. The lowest BCUT2D eigenvalue weighted by Gasteiger charge is -2.27. The summed E-state index contributed by atoms with van der Waals surface area (Å²) in [6.07, 6.45) is 1.78. The van der Waals surface area contributed by atoms with Crippen molar-refractivity contribution >= 4 is 29.0 Å². The average Bonchev–Trinajstić information content (AvgIpc) is 2.80. The predicted octanol–water partition coefficient (Wildman–Crippen LogP) is 1.37. The van der Waals surface area contributed by atoms with Crippen molar-refractivity contribution in [2.24, 2.45) is 0 Å². The molecule has 18 heavy (non-hydrogen) atoms. The van der Waals surface area contributed by atoms with Crippen LogP contribution in [0, 0.1) is 0 Å². The molecule has 1 aliphatic rings. The summed E-state index contributed by atoms with van der Waals surface area (Å²) in [6, 6.07) is 3.19. The molecule has 5 nitrogen and oxygen atoms in total. The van der Waals surface area contributed by atoms with E-state index < -0.39 is 0 Å². The lowest BCUT2D eigenvalue weighted by molar-refractivity contribution is -0.129. The van der Waals surface area contributed by atoms with Crippen LogP contribution in [0.5, 0.6) is 0 Å². The van der Waals surface area contributed by atoms with Gasteiger partial charge in [-0.3, -0.25) is 4.79 Å². The number of nitrogens with zero attached hydrogens (tertiary/aromatic N) is 3. The van der Waals surface area contributed by atoms with Crippen LogP contribution < -0.4 is 10.6 Å². The van der Waals surface area contributed by atoms with Crippen molar-refractivity contribution in [2.75, 3.05) is 31.3 Å². The Balaban J connectivity index is 2.31. The Morgan fingerprint density at radius 1 is 1.56 bits per heavy atom. The standard InChI is InChI=1S/C12H17ClN4O/c1-16(2)12(18)9-4-3-7-17(9)11-8(14)5-6-10(13)15-11/h5-6,9H,3-4,7,14H2,1-2H3. The molecule has 2 rings (SSSR count). The van der Waals surface area contributed by atoms with E-state index in [1.807, 2.05) is 4.90 Å². The first kappa shape index (κ1) is 13.0. The number of pyridine rings is 1. The summed E-state index contributed by atoms with van der Waals surface area (Å²) in [5, 5.41) is 0.391. The summed E-state index contributed by atoms with van der Waals surface area (Å²) in [5.74, 6) is 0.689. The molecule has 0 saturated carbocycles. The van der Waals surface area contributed by atoms with Crippen LogP contribution in [0.15, 0.2) is 12.1 Å². The molecule has 1 aromatic rings. The summed E-state index contributed by atoms with van der Waals surface area (Å²) in [4.78, 5) is 19.9. The van der Waals surface area contributed by atoms with Crippen LogP contribution in [0.2, 0.25) is 5.15 Å². The van der Waals surface area contributed by atoms with Crippen molar-refractivity contribution in [3.05, 3.63) is 17.3 Å². The van der Waals surface area contributed by atoms with Crippen LogP contribution in [-0.4, -0.2) is 42.5 Å². The van der Waals surface area contributed by atoms with Gasteiger partial charge in [0.05, 0.1) is 5.69 Å². The summed E-state index contributed by atoms with van der Waals surface area (Å²) in [5.41, 5.74) is 6.47. The Morgan fingerprint density at radius 2 is 2.28 bits per heavy atom. The number of rotatable bonds is 2. The molecule has 0 bridgehead atoms. The van der Waals surface area contributed by atoms with Gasteiger partial charge in [0.15, 0.2) is 5.82 Å². The molecule has 0 spiro atoms. The predicted molar refractivity (Wildman–Crippen MR) is 72.7 cm³/mol. The topological polar surface area (TPSA) is 62.5 Å². The second kappa shape index (κ2) is 5.02. The van der Waals surface area contributed by atoms with Crippen molar-refractivity contribution in [3.8, 4) is 0 Å². The maximum Gasteiger partial charge on any atom is 0.244 e. The van der Waals surface area contributed by atoms with Crippen molar-refractivity contribution in [3.63, 3.8) is 0 Å². The molecule has 1 atom stereocenters. The minimum absolute atomic E-state index is 0.0775. The van der Waals surface area contributed by atoms with Gasteiger partial charge in [0.1, 0.15) is 11.2 Å². The Bertz CT molecular complexity index is 463. The minimum Gasteiger partial charge on any atom is -0.396 e. The zero-order chi connectivity index (χ0) is 13.3. The highest BCUT2D eigenvalue weighted by molar-refractivity contribution is 6.29. The highest BCUT2D eigenvalue weighted by Crippen LogP contribution is 2.30. The molecule has 0 radical (unpaired) electrons. The van der Waals surface area contributed by atoms with E-state index in [1.54, 1.807) is 31.1 Å². The lowest BCUT2D eigenvalue weighted by Crippen LogP contribution is -2.43. The number of nitrogen functional groups attached to an aromatic ring is 1. The Kier molecular flexibility index (Phi) is 3.61. The van der Waals surface area contributed by atoms with Crippen LogP contribution in [0.4, 0.5) is 11.5 Å². The van der Waals surface area contributed by atoms with E-state index in [1.165, 1.54) is 0 Å². The van der Waals surface area contributed by atoms with E-state index in [9.17, 15) is 4.79 Å². The molecule has 1 amide bonds. The smallest absolute Gasteiger partial charge is 0.244 e. The molecule has 98 valence electrons. The summed E-state index contributed by atoms with van der Waals surface area (Å²) < 4.78 is 0. The molecule has 6 heteroatoms. The van der Waals surface area contributed by atoms with Crippen LogP contribution in [0.25, 0.3) is 0 Å². The van der Waals surface area contributed by atoms with Crippen molar-refractivity contribution in [1.29, 1.82) is 0 Å². The Labute approximate surface area is 112 Å². The van der Waals surface area contributed by atoms with Crippen molar-refractivity contribution < 1.29 is 4.79 Å². The van der Waals surface area contributed by atoms with Crippen LogP contribution in [-0.2, 0) is 4.79 Å². The monoisotopic (exact) mass is 268 g/mol. The maximum atomic E-state index is 12.1. The second-order valence-corrected chi connectivity index (χ2v) is 5.02. The Hall–Kier alpha value is -1.49. The zero-order valence-electron chi connectivity index (χ0n) is 10.6. The van der Waals surface area contributed by atoms with Gasteiger partial charge in [-0.15, -0.1) is 0 Å². The molecular weight excluding hydrogens is 252 g/mol. The number of anilines is 2. The number of hydrogen-bond donors (Lipinski definition) is 1. The number of nitrogens with two attached hydrogens (primary N) is 1. The van der Waals surface area contributed by atoms with E-state index >= 15 is 0 Å². The number of amides is 1. The van der Waals surface area contributed by atoms with Gasteiger partial charge in [-0.1, -0.05) is 11.6 Å². The third-order valence-electron chi connectivity index (χ3n) is 3.12. The molecule has 2 N–H and O–H groups in total. The molecule has 1 fully saturated rings. The first-order chi connectivity index (χ1) is 8.50. The van der Waals surface area contributed by atoms with Crippen LogP contribution >= 0.6 is 11.6 Å². The summed E-state index contributed by atoms with van der Waals surface area (Å²) in [7, 11) is 3.52. The quantitative estimate of drug-likeness (QED) is 0.823. The van der Waals surface area contributed by atoms with E-state index in [2.05, 4.69) is 4.98 Å². The van der Waals surface area contributed by atoms with Gasteiger partial charge in [-0.05, 0) is 25.0 Å². The molecular formula is C12H17ClN4O. The number of carbonyl (C=O) groups is 1. The third kappa shape index (κ3) is 2.36. The van der Waals surface area contributed by atoms with Crippen LogP contribution in [0.1, 0.15) is 12.8 Å². The lowest BCUT2D eigenvalue weighted by atomic mass is 10.2. The van der Waals surface area contributed by atoms with Gasteiger partial charge >= 0.3 is 0 Å². The van der Waals surface area contributed by atoms with Crippen molar-refractivity contribution in [1.82, 2.24) is 9.88 Å². The third-order valence-corrected chi connectivity index (χ3v) is 3.33. The molecule has 1 aliphatic heterocycles. The first-order valence-corrected chi connectivity index (χ1v) is 6.28.